The second-order valence-electron chi connectivity index (χ2n) is 17.2. The van der Waals surface area contributed by atoms with Crippen molar-refractivity contribution < 1.29 is 9.15 Å². The van der Waals surface area contributed by atoms with Crippen LogP contribution in [0.5, 0.6) is 5.75 Å². The molecule has 6 atom stereocenters. The maximum atomic E-state index is 7.06. The van der Waals surface area contributed by atoms with Gasteiger partial charge in [0.25, 0.3) is 0 Å². The van der Waals surface area contributed by atoms with Crippen LogP contribution in [0.25, 0.3) is 34.0 Å². The summed E-state index contributed by atoms with van der Waals surface area (Å²) in [6, 6.07) is 23.8. The number of hydrogen-bond acceptors (Lipinski definition) is 5. The van der Waals surface area contributed by atoms with Crippen LogP contribution >= 0.6 is 0 Å². The zero-order chi connectivity index (χ0) is 39.2. The van der Waals surface area contributed by atoms with Gasteiger partial charge in [0.15, 0.2) is 5.84 Å². The van der Waals surface area contributed by atoms with Crippen LogP contribution < -0.4 is 10.1 Å². The second kappa shape index (κ2) is 13.6. The van der Waals surface area contributed by atoms with Crippen LogP contribution in [0.1, 0.15) is 97.7 Å². The molecule has 0 spiro atoms. The maximum Gasteiger partial charge on any atom is 0.159 e. The van der Waals surface area contributed by atoms with Crippen molar-refractivity contribution >= 4 is 45.7 Å². The van der Waals surface area contributed by atoms with Crippen molar-refractivity contribution in [3.8, 4) is 5.75 Å². The number of ether oxygens (including phenoxy) is 1. The van der Waals surface area contributed by atoms with Gasteiger partial charge in [-0.3, -0.25) is 0 Å². The summed E-state index contributed by atoms with van der Waals surface area (Å²) in [6.45, 7) is 4.61. The number of allylic oxidation sites excluding steroid dienone is 10. The van der Waals surface area contributed by atoms with Gasteiger partial charge in [0.2, 0.25) is 0 Å². The molecule has 2 aromatic heterocycles. The zero-order valence-corrected chi connectivity index (χ0v) is 33.4. The van der Waals surface area contributed by atoms with Gasteiger partial charge in [-0.2, -0.15) is 0 Å². The summed E-state index contributed by atoms with van der Waals surface area (Å²) in [5, 5.41) is 6.14. The van der Waals surface area contributed by atoms with Crippen molar-refractivity contribution in [1.82, 2.24) is 9.88 Å². The van der Waals surface area contributed by atoms with E-state index in [1.807, 2.05) is 0 Å². The second-order valence-corrected chi connectivity index (χ2v) is 17.2. The van der Waals surface area contributed by atoms with Gasteiger partial charge in [0.1, 0.15) is 35.2 Å². The lowest BCUT2D eigenvalue weighted by molar-refractivity contribution is 0.210. The highest BCUT2D eigenvalue weighted by Gasteiger charge is 2.42. The van der Waals surface area contributed by atoms with Gasteiger partial charge in [0, 0.05) is 50.0 Å². The predicted octanol–water partition coefficient (Wildman–Crippen LogP) is 12.4. The Morgan fingerprint density at radius 2 is 1.75 bits per heavy atom. The van der Waals surface area contributed by atoms with E-state index in [1.165, 1.54) is 44.4 Å². The van der Waals surface area contributed by atoms with Crippen molar-refractivity contribution in [2.24, 2.45) is 21.8 Å². The van der Waals surface area contributed by atoms with Gasteiger partial charge in [-0.1, -0.05) is 129 Å². The first-order chi connectivity index (χ1) is 29.1. The van der Waals surface area contributed by atoms with E-state index in [1.54, 1.807) is 0 Å². The average molecular weight is 771 g/mol. The maximum absolute atomic E-state index is 7.06. The lowest BCUT2D eigenvalue weighted by atomic mass is 9.81. The van der Waals surface area contributed by atoms with Crippen molar-refractivity contribution in [1.29, 1.82) is 0 Å². The summed E-state index contributed by atoms with van der Waals surface area (Å²) in [4.78, 5) is 10.5. The highest BCUT2D eigenvalue weighted by atomic mass is 16.5. The minimum atomic E-state index is -0.215. The molecule has 6 heteroatoms. The van der Waals surface area contributed by atoms with Crippen molar-refractivity contribution in [2.75, 3.05) is 0 Å². The number of furan rings is 1. The van der Waals surface area contributed by atoms with E-state index >= 15 is 0 Å². The Bertz CT molecular complexity index is 2930. The number of hydrogen-bond donors (Lipinski definition) is 1. The van der Waals surface area contributed by atoms with Crippen LogP contribution in [0.3, 0.4) is 0 Å². The molecule has 0 amide bonds. The third-order valence-electron chi connectivity index (χ3n) is 13.4. The number of benzene rings is 3. The molecule has 0 bridgehead atoms. The molecule has 59 heavy (non-hydrogen) atoms. The molecule has 6 nitrogen and oxygen atoms in total. The van der Waals surface area contributed by atoms with E-state index in [9.17, 15) is 0 Å². The van der Waals surface area contributed by atoms with Crippen LogP contribution in [0, 0.1) is 11.8 Å². The number of nitrogens with zero attached hydrogens (tertiary/aromatic N) is 3. The first kappa shape index (κ1) is 34.6. The van der Waals surface area contributed by atoms with Crippen molar-refractivity contribution in [2.45, 2.75) is 70.2 Å². The first-order valence-corrected chi connectivity index (χ1v) is 21.4. The van der Waals surface area contributed by atoms with Crippen LogP contribution in [0.2, 0.25) is 0 Å². The molecule has 3 aromatic carbocycles. The summed E-state index contributed by atoms with van der Waals surface area (Å²) < 4.78 is 16.4. The highest BCUT2D eigenvalue weighted by Crippen LogP contribution is 2.54. The summed E-state index contributed by atoms with van der Waals surface area (Å²) in [5.74, 6) is 4.58. The van der Waals surface area contributed by atoms with E-state index in [2.05, 4.69) is 163 Å². The molecule has 0 saturated heterocycles. The van der Waals surface area contributed by atoms with E-state index in [0.29, 0.717) is 11.8 Å². The summed E-state index contributed by atoms with van der Waals surface area (Å²) >= 11 is 0. The minimum absolute atomic E-state index is 0.0298. The highest BCUT2D eigenvalue weighted by molar-refractivity contribution is 6.15. The largest absolute Gasteiger partial charge is 0.483 e. The number of fused-ring (bicyclic) bond motifs is 10. The van der Waals surface area contributed by atoms with Crippen LogP contribution in [-0.2, 0) is 0 Å². The summed E-state index contributed by atoms with van der Waals surface area (Å²) in [7, 11) is 0. The SMILES string of the molecule is CC1C=C(C2=NC(C3=CC=C(C4=CC=CCC4)C(C)C3)NC(c3ccc4c5c(oc4c3)C(n3c4c(c6ccccc63)C=CC3c6ccccc6OC43)CC=C5)=N2)C=CC1. The normalized spacial score (nSPS) is 26.4. The van der Waals surface area contributed by atoms with Gasteiger partial charge < -0.3 is 19.0 Å². The van der Waals surface area contributed by atoms with Gasteiger partial charge in [0.05, 0.1) is 11.7 Å². The van der Waals surface area contributed by atoms with Crippen LogP contribution in [-0.4, -0.2) is 22.4 Å². The fourth-order valence-corrected chi connectivity index (χ4v) is 10.6. The molecule has 1 N–H and O–H groups in total. The lowest BCUT2D eigenvalue weighted by Gasteiger charge is -2.30. The molecule has 290 valence electrons. The van der Waals surface area contributed by atoms with Gasteiger partial charge in [-0.15, -0.1) is 0 Å². The van der Waals surface area contributed by atoms with E-state index in [4.69, 9.17) is 19.1 Å². The number of rotatable bonds is 5. The quantitative estimate of drug-likeness (QED) is 0.194. The summed E-state index contributed by atoms with van der Waals surface area (Å²) in [5.41, 5.74) is 13.2. The number of para-hydroxylation sites is 2. The number of amidine groups is 2. The third kappa shape index (κ3) is 5.60. The zero-order valence-electron chi connectivity index (χ0n) is 33.4. The molecule has 5 aromatic rings. The molecular weight excluding hydrogens is 725 g/mol. The Balaban J connectivity index is 0.934. The number of aromatic nitrogens is 1. The monoisotopic (exact) mass is 770 g/mol. The van der Waals surface area contributed by atoms with E-state index in [-0.39, 0.29) is 24.2 Å². The van der Waals surface area contributed by atoms with E-state index in [0.717, 1.165) is 83.0 Å². The minimum Gasteiger partial charge on any atom is -0.483 e. The molecule has 4 heterocycles. The molecule has 0 saturated carbocycles. The molecule has 7 aliphatic rings. The van der Waals surface area contributed by atoms with Crippen molar-refractivity contribution in [3.05, 3.63) is 183 Å². The fourth-order valence-electron chi connectivity index (χ4n) is 10.6. The van der Waals surface area contributed by atoms with Crippen LogP contribution in [0.15, 0.2) is 164 Å². The Morgan fingerprint density at radius 1 is 0.847 bits per heavy atom. The van der Waals surface area contributed by atoms with Crippen molar-refractivity contribution in [3.63, 3.8) is 0 Å². The molecule has 0 fully saturated rings. The van der Waals surface area contributed by atoms with E-state index < -0.39 is 0 Å². The molecule has 5 aliphatic carbocycles. The predicted molar refractivity (Wildman–Crippen MR) is 240 cm³/mol. The molecule has 12 rings (SSSR count). The average Bonchev–Trinajstić information content (AvgIpc) is 3.96. The first-order valence-electron chi connectivity index (χ1n) is 21.4. The third-order valence-corrected chi connectivity index (χ3v) is 13.4. The topological polar surface area (TPSA) is 64.0 Å². The number of aliphatic imine (C=N–C) groups is 2. The standard InChI is InChI=1S/C53H46N4O2/c1-31-12-10-15-34(28-31)51-54-52(35-22-24-37(32(2)29-35)33-13-4-3-5-14-33)56-53(55-51)36-23-25-40-42-18-11-20-45(49(42)59-47(40)30-36)57-44-19-8-6-16-38(44)41-26-27-43-39-17-7-9-21-46(39)58-50(43)48(41)57/h3-4,6-11,13,15-19,21-28,30-32,43,45,50,52H,5,12,14,20,29H2,1-2H3,(H,54,55,56). The molecule has 6 unspecified atom stereocenters. The smallest absolute Gasteiger partial charge is 0.159 e. The fraction of sp³-hybridized carbons (Fsp3) is 0.245. The molecule has 2 aliphatic heterocycles. The Kier molecular flexibility index (Phi) is 7.97. The molecule has 0 radical (unpaired) electrons. The number of nitrogens with one attached hydrogen (secondary N) is 1. The Labute approximate surface area is 344 Å². The van der Waals surface area contributed by atoms with Gasteiger partial charge >= 0.3 is 0 Å². The lowest BCUT2D eigenvalue weighted by Crippen LogP contribution is -2.41. The van der Waals surface area contributed by atoms with Gasteiger partial charge in [-0.25, -0.2) is 9.98 Å². The van der Waals surface area contributed by atoms with Crippen LogP contribution in [0.4, 0.5) is 0 Å². The Hall–Kier alpha value is -6.40. The summed E-state index contributed by atoms with van der Waals surface area (Å²) in [6.07, 6.45) is 32.1. The molecular formula is C53H46N4O2. The Morgan fingerprint density at radius 3 is 2.64 bits per heavy atom. The van der Waals surface area contributed by atoms with Gasteiger partial charge in [-0.05, 0) is 84.9 Å².